The van der Waals surface area contributed by atoms with Crippen LogP contribution in [0.1, 0.15) is 40.0 Å². The van der Waals surface area contributed by atoms with E-state index in [9.17, 15) is 4.79 Å². The quantitative estimate of drug-likeness (QED) is 0.792. The Bertz CT molecular complexity index is 294. The van der Waals surface area contributed by atoms with Gasteiger partial charge in [0.15, 0.2) is 0 Å². The molecule has 0 aromatic carbocycles. The molecular weight excluding hydrogens is 204 g/mol. The predicted octanol–water partition coefficient (Wildman–Crippen LogP) is 1.61. The maximum atomic E-state index is 11.7. The van der Waals surface area contributed by atoms with Crippen LogP contribution in [0.4, 0.5) is 0 Å². The summed E-state index contributed by atoms with van der Waals surface area (Å²) in [7, 11) is 0. The number of nitrogens with zero attached hydrogens (tertiary/aromatic N) is 1. The molecule has 0 aromatic rings. The Balaban J connectivity index is 2.48. The van der Waals surface area contributed by atoms with Crippen LogP contribution in [-0.2, 0) is 9.53 Å². The zero-order valence-corrected chi connectivity index (χ0v) is 10.2. The van der Waals surface area contributed by atoms with E-state index in [0.29, 0.717) is 13.0 Å². The molecule has 0 radical (unpaired) electrons. The lowest BCUT2D eigenvalue weighted by atomic mass is 9.93. The van der Waals surface area contributed by atoms with E-state index in [0.717, 1.165) is 12.8 Å². The van der Waals surface area contributed by atoms with Crippen molar-refractivity contribution >= 4 is 5.91 Å². The second-order valence-corrected chi connectivity index (χ2v) is 4.90. The molecule has 1 saturated heterocycles. The summed E-state index contributed by atoms with van der Waals surface area (Å²) in [5, 5.41) is 11.7. The van der Waals surface area contributed by atoms with Gasteiger partial charge in [-0.25, -0.2) is 0 Å². The summed E-state index contributed by atoms with van der Waals surface area (Å²) < 4.78 is 5.57. The second kappa shape index (κ2) is 5.31. The van der Waals surface area contributed by atoms with Crippen molar-refractivity contribution in [2.75, 3.05) is 6.61 Å². The van der Waals surface area contributed by atoms with Crippen molar-refractivity contribution in [3.8, 4) is 6.07 Å². The SMILES string of the molecule is CCC(C#N)C(=O)NC1CCOC(C)(C)C1. The van der Waals surface area contributed by atoms with Crippen molar-refractivity contribution in [3.05, 3.63) is 0 Å². The van der Waals surface area contributed by atoms with Crippen molar-refractivity contribution < 1.29 is 9.53 Å². The topological polar surface area (TPSA) is 62.1 Å². The number of hydrogen-bond acceptors (Lipinski definition) is 3. The minimum atomic E-state index is -0.522. The number of hydrogen-bond donors (Lipinski definition) is 1. The molecule has 2 atom stereocenters. The average Bonchev–Trinajstić information content (AvgIpc) is 2.17. The number of nitriles is 1. The summed E-state index contributed by atoms with van der Waals surface area (Å²) in [4.78, 5) is 11.7. The molecule has 0 spiro atoms. The average molecular weight is 224 g/mol. The maximum absolute atomic E-state index is 11.7. The van der Waals surface area contributed by atoms with Gasteiger partial charge in [0.05, 0.1) is 11.7 Å². The molecule has 4 nitrogen and oxygen atoms in total. The molecule has 90 valence electrons. The van der Waals surface area contributed by atoms with Crippen LogP contribution in [-0.4, -0.2) is 24.2 Å². The fraction of sp³-hybridized carbons (Fsp3) is 0.833. The van der Waals surface area contributed by atoms with Crippen molar-refractivity contribution in [1.29, 1.82) is 5.26 Å². The van der Waals surface area contributed by atoms with Gasteiger partial charge in [0.25, 0.3) is 0 Å². The molecule has 1 aliphatic heterocycles. The van der Waals surface area contributed by atoms with E-state index in [1.54, 1.807) is 0 Å². The van der Waals surface area contributed by atoms with Crippen LogP contribution in [0.3, 0.4) is 0 Å². The zero-order valence-electron chi connectivity index (χ0n) is 10.2. The fourth-order valence-corrected chi connectivity index (χ4v) is 1.99. The van der Waals surface area contributed by atoms with Gasteiger partial charge in [-0.05, 0) is 33.1 Å². The first-order valence-electron chi connectivity index (χ1n) is 5.82. The fourth-order valence-electron chi connectivity index (χ4n) is 1.99. The van der Waals surface area contributed by atoms with Gasteiger partial charge in [-0.2, -0.15) is 5.26 Å². The summed E-state index contributed by atoms with van der Waals surface area (Å²) in [6.07, 6.45) is 2.20. The van der Waals surface area contributed by atoms with E-state index >= 15 is 0 Å². The molecule has 1 rings (SSSR count). The number of carbonyl (C=O) groups excluding carboxylic acids is 1. The lowest BCUT2D eigenvalue weighted by molar-refractivity contribution is -0.126. The van der Waals surface area contributed by atoms with Crippen LogP contribution in [0.2, 0.25) is 0 Å². The molecule has 1 fully saturated rings. The molecule has 1 heterocycles. The van der Waals surface area contributed by atoms with Gasteiger partial charge >= 0.3 is 0 Å². The number of carbonyl (C=O) groups is 1. The standard InChI is InChI=1S/C12H20N2O2/c1-4-9(8-13)11(15)14-10-5-6-16-12(2,3)7-10/h9-10H,4-7H2,1-3H3,(H,14,15). The van der Waals surface area contributed by atoms with Crippen LogP contribution in [0.15, 0.2) is 0 Å². The smallest absolute Gasteiger partial charge is 0.237 e. The highest BCUT2D eigenvalue weighted by Crippen LogP contribution is 2.24. The maximum Gasteiger partial charge on any atom is 0.237 e. The number of ether oxygens (including phenoxy) is 1. The highest BCUT2D eigenvalue weighted by Gasteiger charge is 2.30. The first-order chi connectivity index (χ1) is 7.48. The summed E-state index contributed by atoms with van der Waals surface area (Å²) in [6, 6.07) is 2.16. The van der Waals surface area contributed by atoms with Crippen LogP contribution < -0.4 is 5.32 Å². The Kier molecular flexibility index (Phi) is 4.31. The predicted molar refractivity (Wildman–Crippen MR) is 60.6 cm³/mol. The summed E-state index contributed by atoms with van der Waals surface area (Å²) in [5.41, 5.74) is -0.176. The van der Waals surface area contributed by atoms with Gasteiger partial charge < -0.3 is 10.1 Å². The van der Waals surface area contributed by atoms with E-state index in [4.69, 9.17) is 10.00 Å². The molecule has 0 aliphatic carbocycles. The van der Waals surface area contributed by atoms with Crippen LogP contribution in [0, 0.1) is 17.2 Å². The van der Waals surface area contributed by atoms with E-state index in [-0.39, 0.29) is 17.6 Å². The summed E-state index contributed by atoms with van der Waals surface area (Å²) >= 11 is 0. The van der Waals surface area contributed by atoms with Gasteiger partial charge in [0.1, 0.15) is 5.92 Å². The van der Waals surface area contributed by atoms with Crippen molar-refractivity contribution in [1.82, 2.24) is 5.32 Å². The zero-order chi connectivity index (χ0) is 12.2. The summed E-state index contributed by atoms with van der Waals surface area (Å²) in [6.45, 7) is 6.56. The highest BCUT2D eigenvalue weighted by atomic mass is 16.5. The normalized spacial score (nSPS) is 25.5. The minimum Gasteiger partial charge on any atom is -0.375 e. The number of amides is 1. The minimum absolute atomic E-state index is 0.138. The third kappa shape index (κ3) is 3.49. The van der Waals surface area contributed by atoms with Gasteiger partial charge in [0.2, 0.25) is 5.91 Å². The molecule has 1 amide bonds. The van der Waals surface area contributed by atoms with Crippen molar-refractivity contribution in [3.63, 3.8) is 0 Å². The first kappa shape index (κ1) is 13.0. The van der Waals surface area contributed by atoms with Gasteiger partial charge in [0, 0.05) is 12.6 Å². The Morgan fingerprint density at radius 2 is 2.38 bits per heavy atom. The molecule has 16 heavy (non-hydrogen) atoms. The first-order valence-corrected chi connectivity index (χ1v) is 5.82. The van der Waals surface area contributed by atoms with Crippen molar-refractivity contribution in [2.45, 2.75) is 51.7 Å². The number of nitrogens with one attached hydrogen (secondary N) is 1. The molecule has 1 N–H and O–H groups in total. The Morgan fingerprint density at radius 1 is 1.69 bits per heavy atom. The molecule has 0 aromatic heterocycles. The van der Waals surface area contributed by atoms with E-state index in [1.807, 2.05) is 26.8 Å². The lowest BCUT2D eigenvalue weighted by Crippen LogP contribution is -2.47. The van der Waals surface area contributed by atoms with Crippen LogP contribution in [0.5, 0.6) is 0 Å². The van der Waals surface area contributed by atoms with Gasteiger partial charge in [-0.1, -0.05) is 6.92 Å². The summed E-state index contributed by atoms with van der Waals surface area (Å²) in [5.74, 6) is -0.668. The molecule has 0 bridgehead atoms. The lowest BCUT2D eigenvalue weighted by Gasteiger charge is -2.36. The highest BCUT2D eigenvalue weighted by molar-refractivity contribution is 5.81. The van der Waals surface area contributed by atoms with Crippen LogP contribution >= 0.6 is 0 Å². The largest absolute Gasteiger partial charge is 0.375 e. The van der Waals surface area contributed by atoms with E-state index in [1.165, 1.54) is 0 Å². The molecule has 0 saturated carbocycles. The van der Waals surface area contributed by atoms with E-state index in [2.05, 4.69) is 5.32 Å². The molecule has 4 heteroatoms. The Morgan fingerprint density at radius 3 is 2.88 bits per heavy atom. The Hall–Kier alpha value is -1.08. The Labute approximate surface area is 97.0 Å². The van der Waals surface area contributed by atoms with Gasteiger partial charge in [-0.3, -0.25) is 4.79 Å². The monoisotopic (exact) mass is 224 g/mol. The number of rotatable bonds is 3. The van der Waals surface area contributed by atoms with Crippen LogP contribution in [0.25, 0.3) is 0 Å². The third-order valence-corrected chi connectivity index (χ3v) is 2.92. The molecular formula is C12H20N2O2. The van der Waals surface area contributed by atoms with Gasteiger partial charge in [-0.15, -0.1) is 0 Å². The molecule has 2 unspecified atom stereocenters. The van der Waals surface area contributed by atoms with E-state index < -0.39 is 5.92 Å². The van der Waals surface area contributed by atoms with Crippen molar-refractivity contribution in [2.24, 2.45) is 5.92 Å². The second-order valence-electron chi connectivity index (χ2n) is 4.90. The third-order valence-electron chi connectivity index (χ3n) is 2.92. The molecule has 1 aliphatic rings.